The minimum absolute atomic E-state index is 0.294. The van der Waals surface area contributed by atoms with E-state index in [0.717, 1.165) is 16.2 Å². The van der Waals surface area contributed by atoms with Gasteiger partial charge in [0.2, 0.25) is 0 Å². The fourth-order valence-corrected chi connectivity index (χ4v) is 2.94. The molecule has 1 N–H and O–H groups in total. The second kappa shape index (κ2) is 5.19. The molecule has 96 valence electrons. The number of H-pyrrole nitrogens is 1. The molecule has 19 heavy (non-hydrogen) atoms. The third kappa shape index (κ3) is 2.57. The SMILES string of the molecule is Fc1cccc(Cl)c1CSc1nc2ccncc2[nH]1. The summed E-state index contributed by atoms with van der Waals surface area (Å²) in [6.45, 7) is 0. The van der Waals surface area contributed by atoms with Gasteiger partial charge in [0.1, 0.15) is 5.82 Å². The van der Waals surface area contributed by atoms with Crippen molar-refractivity contribution < 1.29 is 4.39 Å². The molecule has 0 radical (unpaired) electrons. The Hall–Kier alpha value is -1.59. The summed E-state index contributed by atoms with van der Waals surface area (Å²) >= 11 is 7.39. The number of benzene rings is 1. The van der Waals surface area contributed by atoms with Crippen LogP contribution >= 0.6 is 23.4 Å². The lowest BCUT2D eigenvalue weighted by molar-refractivity contribution is 0.617. The number of aromatic amines is 1. The molecule has 0 saturated carbocycles. The number of halogens is 2. The van der Waals surface area contributed by atoms with Crippen molar-refractivity contribution in [1.29, 1.82) is 0 Å². The fourth-order valence-electron chi connectivity index (χ4n) is 1.71. The normalized spacial score (nSPS) is 11.1. The van der Waals surface area contributed by atoms with Gasteiger partial charge in [-0.25, -0.2) is 9.37 Å². The van der Waals surface area contributed by atoms with Crippen molar-refractivity contribution in [1.82, 2.24) is 15.0 Å². The highest BCUT2D eigenvalue weighted by Crippen LogP contribution is 2.27. The maximum Gasteiger partial charge on any atom is 0.166 e. The summed E-state index contributed by atoms with van der Waals surface area (Å²) in [4.78, 5) is 11.5. The van der Waals surface area contributed by atoms with Crippen molar-refractivity contribution in [2.75, 3.05) is 0 Å². The molecule has 1 aromatic carbocycles. The van der Waals surface area contributed by atoms with Crippen LogP contribution in [0, 0.1) is 5.82 Å². The molecule has 0 unspecified atom stereocenters. The molecule has 0 atom stereocenters. The van der Waals surface area contributed by atoms with Gasteiger partial charge in [-0.15, -0.1) is 0 Å². The zero-order chi connectivity index (χ0) is 13.2. The van der Waals surface area contributed by atoms with Crippen LogP contribution in [0.5, 0.6) is 0 Å². The van der Waals surface area contributed by atoms with Crippen LogP contribution in [0.2, 0.25) is 5.02 Å². The highest BCUT2D eigenvalue weighted by atomic mass is 35.5. The van der Waals surface area contributed by atoms with Gasteiger partial charge in [0.05, 0.1) is 17.2 Å². The number of hydrogen-bond donors (Lipinski definition) is 1. The molecule has 0 saturated heterocycles. The number of hydrogen-bond acceptors (Lipinski definition) is 3. The number of rotatable bonds is 3. The van der Waals surface area contributed by atoms with Gasteiger partial charge in [0.15, 0.2) is 5.16 Å². The minimum atomic E-state index is -0.294. The molecule has 3 nitrogen and oxygen atoms in total. The van der Waals surface area contributed by atoms with Gasteiger partial charge < -0.3 is 4.98 Å². The smallest absolute Gasteiger partial charge is 0.166 e. The van der Waals surface area contributed by atoms with Crippen LogP contribution in [0.3, 0.4) is 0 Å². The number of nitrogens with zero attached hydrogens (tertiary/aromatic N) is 2. The van der Waals surface area contributed by atoms with Crippen molar-refractivity contribution in [3.63, 3.8) is 0 Å². The van der Waals surface area contributed by atoms with E-state index in [1.54, 1.807) is 24.5 Å². The Balaban J connectivity index is 1.82. The molecule has 0 aliphatic carbocycles. The molecule has 3 rings (SSSR count). The van der Waals surface area contributed by atoms with E-state index in [1.165, 1.54) is 17.8 Å². The average molecular weight is 294 g/mol. The number of aromatic nitrogens is 3. The number of imidazole rings is 1. The minimum Gasteiger partial charge on any atom is -0.332 e. The van der Waals surface area contributed by atoms with Crippen LogP contribution in [0.15, 0.2) is 41.8 Å². The van der Waals surface area contributed by atoms with Crippen LogP contribution in [0.1, 0.15) is 5.56 Å². The molecule has 2 heterocycles. The van der Waals surface area contributed by atoms with E-state index in [9.17, 15) is 4.39 Å². The van der Waals surface area contributed by atoms with Crippen molar-refractivity contribution in [2.24, 2.45) is 0 Å². The lowest BCUT2D eigenvalue weighted by Crippen LogP contribution is -1.89. The van der Waals surface area contributed by atoms with Gasteiger partial charge in [-0.1, -0.05) is 29.4 Å². The van der Waals surface area contributed by atoms with Crippen LogP contribution in [-0.4, -0.2) is 15.0 Å². The first-order valence-corrected chi connectivity index (χ1v) is 6.96. The predicted octanol–water partition coefficient (Wildman–Crippen LogP) is 4.04. The molecule has 0 bridgehead atoms. The summed E-state index contributed by atoms with van der Waals surface area (Å²) in [5.41, 5.74) is 2.20. The van der Waals surface area contributed by atoms with Gasteiger partial charge in [-0.3, -0.25) is 4.98 Å². The van der Waals surface area contributed by atoms with E-state index in [2.05, 4.69) is 15.0 Å². The summed E-state index contributed by atoms with van der Waals surface area (Å²) < 4.78 is 13.6. The number of nitrogens with one attached hydrogen (secondary N) is 1. The van der Waals surface area contributed by atoms with E-state index < -0.39 is 0 Å². The summed E-state index contributed by atoms with van der Waals surface area (Å²) in [6, 6.07) is 6.51. The van der Waals surface area contributed by atoms with Crippen molar-refractivity contribution in [3.8, 4) is 0 Å². The fraction of sp³-hybridized carbons (Fsp3) is 0.0769. The van der Waals surface area contributed by atoms with E-state index in [1.807, 2.05) is 6.07 Å². The Morgan fingerprint density at radius 3 is 3.00 bits per heavy atom. The summed E-state index contributed by atoms with van der Waals surface area (Å²) in [5.74, 6) is 0.136. The molecule has 0 aliphatic heterocycles. The van der Waals surface area contributed by atoms with Crippen molar-refractivity contribution in [2.45, 2.75) is 10.9 Å². The van der Waals surface area contributed by atoms with Gasteiger partial charge in [0.25, 0.3) is 0 Å². The zero-order valence-corrected chi connectivity index (χ0v) is 11.3. The van der Waals surface area contributed by atoms with Gasteiger partial charge in [-0.05, 0) is 18.2 Å². The Labute approximate surface area is 118 Å². The maximum absolute atomic E-state index is 13.6. The Bertz CT molecular complexity index is 675. The summed E-state index contributed by atoms with van der Waals surface area (Å²) in [5, 5.41) is 1.16. The molecular weight excluding hydrogens is 285 g/mol. The topological polar surface area (TPSA) is 41.6 Å². The third-order valence-electron chi connectivity index (χ3n) is 2.68. The van der Waals surface area contributed by atoms with Gasteiger partial charge in [0, 0.05) is 22.5 Å². The summed E-state index contributed by atoms with van der Waals surface area (Å²) in [6.07, 6.45) is 3.40. The third-order valence-corrected chi connectivity index (χ3v) is 3.93. The largest absolute Gasteiger partial charge is 0.332 e. The highest BCUT2D eigenvalue weighted by Gasteiger charge is 2.09. The molecule has 2 aromatic heterocycles. The predicted molar refractivity (Wildman–Crippen MR) is 74.9 cm³/mol. The van der Waals surface area contributed by atoms with E-state index in [-0.39, 0.29) is 5.82 Å². The zero-order valence-electron chi connectivity index (χ0n) is 9.73. The lowest BCUT2D eigenvalue weighted by atomic mass is 10.2. The number of thioether (sulfide) groups is 1. The van der Waals surface area contributed by atoms with Crippen molar-refractivity contribution >= 4 is 34.4 Å². The molecule has 6 heteroatoms. The van der Waals surface area contributed by atoms with Gasteiger partial charge in [-0.2, -0.15) is 0 Å². The van der Waals surface area contributed by atoms with Crippen LogP contribution in [0.25, 0.3) is 11.0 Å². The first kappa shape index (κ1) is 12.4. The first-order chi connectivity index (χ1) is 9.24. The standard InChI is InChI=1S/C13H9ClFN3S/c14-9-2-1-3-10(15)8(9)7-19-13-17-11-4-5-16-6-12(11)18-13/h1-6H,7H2,(H,17,18). The second-order valence-corrected chi connectivity index (χ2v) is 5.29. The van der Waals surface area contributed by atoms with E-state index in [0.29, 0.717) is 16.3 Å². The Morgan fingerprint density at radius 1 is 1.32 bits per heavy atom. The number of pyridine rings is 1. The summed E-state index contributed by atoms with van der Waals surface area (Å²) in [7, 11) is 0. The highest BCUT2D eigenvalue weighted by molar-refractivity contribution is 7.98. The molecule has 0 spiro atoms. The molecule has 0 aliphatic rings. The first-order valence-electron chi connectivity index (χ1n) is 5.59. The molecule has 3 aromatic rings. The number of fused-ring (bicyclic) bond motifs is 1. The maximum atomic E-state index is 13.6. The van der Waals surface area contributed by atoms with E-state index >= 15 is 0 Å². The monoisotopic (exact) mass is 293 g/mol. The molecule has 0 amide bonds. The van der Waals surface area contributed by atoms with Crippen molar-refractivity contribution in [3.05, 3.63) is 53.1 Å². The lowest BCUT2D eigenvalue weighted by Gasteiger charge is -2.03. The Morgan fingerprint density at radius 2 is 2.21 bits per heavy atom. The van der Waals surface area contributed by atoms with Crippen LogP contribution in [-0.2, 0) is 5.75 Å². The second-order valence-electron chi connectivity index (χ2n) is 3.92. The van der Waals surface area contributed by atoms with Gasteiger partial charge >= 0.3 is 0 Å². The molecule has 0 fully saturated rings. The molecular formula is C13H9ClFN3S. The van der Waals surface area contributed by atoms with Crippen LogP contribution < -0.4 is 0 Å². The van der Waals surface area contributed by atoms with Crippen LogP contribution in [0.4, 0.5) is 4.39 Å². The quantitative estimate of drug-likeness (QED) is 0.741. The average Bonchev–Trinajstić information content (AvgIpc) is 2.81. The Kier molecular flexibility index (Phi) is 3.40. The van der Waals surface area contributed by atoms with E-state index in [4.69, 9.17) is 11.6 Å².